The Balaban J connectivity index is 1.35. The molecule has 1 aliphatic carbocycles. The molecule has 1 fully saturated rings. The van der Waals surface area contributed by atoms with Crippen molar-refractivity contribution < 1.29 is 14.3 Å². The highest BCUT2D eigenvalue weighted by Gasteiger charge is 2.44. The first-order chi connectivity index (χ1) is 18.3. The molecule has 0 radical (unpaired) electrons. The standard InChI is InChI=1S/C33H31NO3/c35-31-20-19-30-29(31)17-10-18-32(30)37-24-28-23-34(21-22-36-28)33(25-11-4-1-5-12-25,26-13-6-2-7-14-26)27-15-8-3-9-16-27/h1-18,28H,19-24H2. The van der Waals surface area contributed by atoms with Crippen molar-refractivity contribution in [2.75, 3.05) is 26.3 Å². The summed E-state index contributed by atoms with van der Waals surface area (Å²) in [4.78, 5) is 14.7. The molecule has 186 valence electrons. The Labute approximate surface area is 218 Å². The molecular formula is C33H31NO3. The molecule has 1 unspecified atom stereocenters. The van der Waals surface area contributed by atoms with Crippen molar-refractivity contribution in [3.63, 3.8) is 0 Å². The molecule has 1 atom stereocenters. The van der Waals surface area contributed by atoms with Crippen LogP contribution in [-0.2, 0) is 16.7 Å². The molecule has 2 aliphatic rings. The number of ether oxygens (including phenoxy) is 2. The maximum atomic E-state index is 12.2. The first-order valence-corrected chi connectivity index (χ1v) is 13.1. The van der Waals surface area contributed by atoms with Crippen molar-refractivity contribution in [3.05, 3.63) is 137 Å². The Morgan fingerprint density at radius 2 is 1.35 bits per heavy atom. The monoisotopic (exact) mass is 489 g/mol. The zero-order valence-electron chi connectivity index (χ0n) is 20.9. The van der Waals surface area contributed by atoms with E-state index in [2.05, 4.69) is 95.9 Å². The summed E-state index contributed by atoms with van der Waals surface area (Å²) < 4.78 is 12.6. The van der Waals surface area contributed by atoms with Gasteiger partial charge in [0.2, 0.25) is 0 Å². The van der Waals surface area contributed by atoms with Crippen LogP contribution >= 0.6 is 0 Å². The van der Waals surface area contributed by atoms with E-state index in [4.69, 9.17) is 9.47 Å². The minimum absolute atomic E-state index is 0.0998. The average molecular weight is 490 g/mol. The van der Waals surface area contributed by atoms with Crippen LogP contribution in [-0.4, -0.2) is 43.1 Å². The summed E-state index contributed by atoms with van der Waals surface area (Å²) in [7, 11) is 0. The molecule has 1 saturated heterocycles. The Bertz CT molecular complexity index is 1260. The molecule has 0 saturated carbocycles. The summed E-state index contributed by atoms with van der Waals surface area (Å²) in [6.07, 6.45) is 1.22. The van der Waals surface area contributed by atoms with Crippen molar-refractivity contribution in [2.24, 2.45) is 0 Å². The van der Waals surface area contributed by atoms with Gasteiger partial charge < -0.3 is 9.47 Å². The lowest BCUT2D eigenvalue weighted by Crippen LogP contribution is -2.56. The summed E-state index contributed by atoms with van der Waals surface area (Å²) in [6.45, 7) is 2.57. The number of Topliss-reactive ketones (excluding diaryl/α,β-unsaturated/α-hetero) is 1. The predicted octanol–water partition coefficient (Wildman–Crippen LogP) is 5.89. The quantitative estimate of drug-likeness (QED) is 0.304. The molecule has 6 rings (SSSR count). The molecule has 4 aromatic carbocycles. The molecule has 4 aromatic rings. The third kappa shape index (κ3) is 4.37. The van der Waals surface area contributed by atoms with Crippen molar-refractivity contribution in [1.29, 1.82) is 0 Å². The second-order valence-corrected chi connectivity index (χ2v) is 9.76. The molecule has 1 aliphatic heterocycles. The predicted molar refractivity (Wildman–Crippen MR) is 145 cm³/mol. The van der Waals surface area contributed by atoms with Crippen molar-refractivity contribution in [2.45, 2.75) is 24.5 Å². The van der Waals surface area contributed by atoms with Gasteiger partial charge in [-0.15, -0.1) is 0 Å². The van der Waals surface area contributed by atoms with E-state index in [-0.39, 0.29) is 11.9 Å². The number of carbonyl (C=O) groups is 1. The van der Waals surface area contributed by atoms with Crippen LogP contribution in [0.1, 0.15) is 39.0 Å². The first kappa shape index (κ1) is 23.7. The van der Waals surface area contributed by atoms with Crippen LogP contribution in [0, 0.1) is 0 Å². The van der Waals surface area contributed by atoms with E-state index in [1.54, 1.807) is 0 Å². The van der Waals surface area contributed by atoms with Gasteiger partial charge in [0, 0.05) is 30.6 Å². The van der Waals surface area contributed by atoms with Gasteiger partial charge in [0.05, 0.1) is 12.1 Å². The fourth-order valence-corrected chi connectivity index (χ4v) is 5.99. The van der Waals surface area contributed by atoms with Gasteiger partial charge in [0.15, 0.2) is 5.78 Å². The van der Waals surface area contributed by atoms with Crippen molar-refractivity contribution in [1.82, 2.24) is 4.90 Å². The smallest absolute Gasteiger partial charge is 0.163 e. The zero-order chi connectivity index (χ0) is 25.1. The summed E-state index contributed by atoms with van der Waals surface area (Å²) in [5, 5.41) is 0. The van der Waals surface area contributed by atoms with E-state index in [9.17, 15) is 4.79 Å². The molecule has 0 N–H and O–H groups in total. The number of nitrogens with zero attached hydrogens (tertiary/aromatic N) is 1. The largest absolute Gasteiger partial charge is 0.491 e. The van der Waals surface area contributed by atoms with E-state index >= 15 is 0 Å². The number of morpholine rings is 1. The minimum Gasteiger partial charge on any atom is -0.491 e. The number of benzene rings is 4. The summed E-state index contributed by atoms with van der Waals surface area (Å²) in [5.74, 6) is 1.02. The second-order valence-electron chi connectivity index (χ2n) is 9.76. The van der Waals surface area contributed by atoms with E-state index in [0.717, 1.165) is 29.8 Å². The Morgan fingerprint density at radius 1 is 0.757 bits per heavy atom. The van der Waals surface area contributed by atoms with E-state index < -0.39 is 5.54 Å². The normalized spacial score (nSPS) is 17.9. The van der Waals surface area contributed by atoms with Gasteiger partial charge in [-0.2, -0.15) is 0 Å². The number of ketones is 1. The number of hydrogen-bond acceptors (Lipinski definition) is 4. The van der Waals surface area contributed by atoms with Gasteiger partial charge in [-0.1, -0.05) is 103 Å². The van der Waals surface area contributed by atoms with Crippen molar-refractivity contribution >= 4 is 5.78 Å². The van der Waals surface area contributed by atoms with Crippen LogP contribution < -0.4 is 4.74 Å². The number of fused-ring (bicyclic) bond motifs is 1. The highest BCUT2D eigenvalue weighted by Crippen LogP contribution is 2.43. The fraction of sp³-hybridized carbons (Fsp3) is 0.242. The third-order valence-corrected chi connectivity index (χ3v) is 7.65. The van der Waals surface area contributed by atoms with Gasteiger partial charge in [-0.25, -0.2) is 0 Å². The fourth-order valence-electron chi connectivity index (χ4n) is 5.99. The maximum Gasteiger partial charge on any atom is 0.163 e. The molecular weight excluding hydrogens is 458 g/mol. The van der Waals surface area contributed by atoms with Crippen LogP contribution in [0.4, 0.5) is 0 Å². The minimum atomic E-state index is -0.466. The number of carbonyl (C=O) groups excluding carboxylic acids is 1. The van der Waals surface area contributed by atoms with Crippen LogP contribution in [0.3, 0.4) is 0 Å². The van der Waals surface area contributed by atoms with E-state index in [1.165, 1.54) is 16.7 Å². The van der Waals surface area contributed by atoms with Crippen LogP contribution in [0.25, 0.3) is 0 Å². The lowest BCUT2D eigenvalue weighted by atomic mass is 9.75. The highest BCUT2D eigenvalue weighted by molar-refractivity contribution is 6.01. The number of rotatable bonds is 7. The summed E-state index contributed by atoms with van der Waals surface area (Å²) >= 11 is 0. The van der Waals surface area contributed by atoms with Gasteiger partial charge in [0.25, 0.3) is 0 Å². The SMILES string of the molecule is O=C1CCc2c(OCC3CN(C(c4ccccc4)(c4ccccc4)c4ccccc4)CCO3)cccc21. The van der Waals surface area contributed by atoms with E-state index in [1.807, 2.05) is 18.2 Å². The number of hydrogen-bond donors (Lipinski definition) is 0. The van der Waals surface area contributed by atoms with E-state index in [0.29, 0.717) is 26.2 Å². The molecule has 1 heterocycles. The topological polar surface area (TPSA) is 38.8 Å². The van der Waals surface area contributed by atoms with Crippen LogP contribution in [0.5, 0.6) is 5.75 Å². The third-order valence-electron chi connectivity index (χ3n) is 7.65. The molecule has 4 heteroatoms. The van der Waals surface area contributed by atoms with Gasteiger partial charge in [0.1, 0.15) is 18.5 Å². The molecule has 0 amide bonds. The Morgan fingerprint density at radius 3 is 1.95 bits per heavy atom. The molecule has 0 aromatic heterocycles. The molecule has 4 nitrogen and oxygen atoms in total. The van der Waals surface area contributed by atoms with Gasteiger partial charge in [-0.05, 0) is 29.2 Å². The summed E-state index contributed by atoms with van der Waals surface area (Å²) in [6, 6.07) is 38.1. The van der Waals surface area contributed by atoms with Crippen LogP contribution in [0.2, 0.25) is 0 Å². The zero-order valence-corrected chi connectivity index (χ0v) is 20.9. The summed E-state index contributed by atoms with van der Waals surface area (Å²) in [5.41, 5.74) is 5.06. The van der Waals surface area contributed by atoms with Gasteiger partial charge in [-0.3, -0.25) is 9.69 Å². The van der Waals surface area contributed by atoms with Crippen LogP contribution in [0.15, 0.2) is 109 Å². The Hall–Kier alpha value is -3.73. The lowest BCUT2D eigenvalue weighted by molar-refractivity contribution is -0.0696. The highest BCUT2D eigenvalue weighted by atomic mass is 16.5. The Kier molecular flexibility index (Phi) is 6.60. The average Bonchev–Trinajstić information content (AvgIpc) is 3.36. The maximum absolute atomic E-state index is 12.2. The van der Waals surface area contributed by atoms with Crippen molar-refractivity contribution in [3.8, 4) is 5.75 Å². The second kappa shape index (κ2) is 10.3. The lowest BCUT2D eigenvalue weighted by Gasteiger charge is -2.48. The molecule has 0 bridgehead atoms. The van der Waals surface area contributed by atoms with Gasteiger partial charge >= 0.3 is 0 Å². The molecule has 37 heavy (non-hydrogen) atoms. The molecule has 0 spiro atoms. The first-order valence-electron chi connectivity index (χ1n) is 13.1.